The van der Waals surface area contributed by atoms with Crippen molar-refractivity contribution in [1.29, 1.82) is 0 Å². The van der Waals surface area contributed by atoms with Gasteiger partial charge in [-0.25, -0.2) is 4.39 Å². The van der Waals surface area contributed by atoms with Crippen molar-refractivity contribution >= 4 is 11.6 Å². The van der Waals surface area contributed by atoms with Gasteiger partial charge in [0.2, 0.25) is 0 Å². The minimum atomic E-state index is -0.276. The Morgan fingerprint density at radius 2 is 2.25 bits per heavy atom. The van der Waals surface area contributed by atoms with Gasteiger partial charge in [0.05, 0.1) is 0 Å². The van der Waals surface area contributed by atoms with E-state index in [-0.39, 0.29) is 5.82 Å². The first kappa shape index (κ1) is 11.8. The van der Waals surface area contributed by atoms with Crippen LogP contribution in [0.15, 0.2) is 18.2 Å². The molecule has 0 unspecified atom stereocenters. The van der Waals surface area contributed by atoms with Crippen LogP contribution in [-0.4, -0.2) is 30.6 Å². The predicted octanol–water partition coefficient (Wildman–Crippen LogP) is 2.27. The van der Waals surface area contributed by atoms with Crippen molar-refractivity contribution in [2.75, 3.05) is 19.6 Å². The maximum absolute atomic E-state index is 12.9. The van der Waals surface area contributed by atoms with Crippen LogP contribution in [0.4, 0.5) is 4.39 Å². The van der Waals surface area contributed by atoms with Gasteiger partial charge >= 0.3 is 0 Å². The normalized spacial score (nSPS) is 16.5. The van der Waals surface area contributed by atoms with E-state index in [1.165, 1.54) is 12.1 Å². The highest BCUT2D eigenvalue weighted by molar-refractivity contribution is 6.31. The molecule has 0 atom stereocenters. The van der Waals surface area contributed by atoms with Crippen LogP contribution in [0.1, 0.15) is 12.5 Å². The number of hydrogen-bond donors (Lipinski definition) is 1. The van der Waals surface area contributed by atoms with Gasteiger partial charge in [0, 0.05) is 30.7 Å². The van der Waals surface area contributed by atoms with Gasteiger partial charge in [-0.1, -0.05) is 24.6 Å². The molecule has 2 rings (SSSR count). The fourth-order valence-electron chi connectivity index (χ4n) is 1.90. The Bertz CT molecular complexity index is 366. The highest BCUT2D eigenvalue weighted by atomic mass is 35.5. The lowest BCUT2D eigenvalue weighted by atomic mass is 10.1. The minimum Gasteiger partial charge on any atom is -0.314 e. The first-order valence-corrected chi connectivity index (χ1v) is 5.97. The average molecular weight is 243 g/mol. The second-order valence-electron chi connectivity index (χ2n) is 4.11. The van der Waals surface area contributed by atoms with E-state index < -0.39 is 0 Å². The first-order valence-electron chi connectivity index (χ1n) is 5.59. The molecule has 88 valence electrons. The molecule has 1 fully saturated rings. The highest BCUT2D eigenvalue weighted by Gasteiger charge is 2.23. The third-order valence-corrected chi connectivity index (χ3v) is 3.42. The number of halogens is 2. The Hall–Kier alpha value is -0.640. The second kappa shape index (κ2) is 5.13. The van der Waals surface area contributed by atoms with Gasteiger partial charge in [0.1, 0.15) is 5.82 Å². The molecule has 0 aromatic heterocycles. The summed E-state index contributed by atoms with van der Waals surface area (Å²) in [5.41, 5.74) is 0.997. The zero-order valence-corrected chi connectivity index (χ0v) is 10.1. The van der Waals surface area contributed by atoms with Crippen LogP contribution < -0.4 is 5.32 Å². The van der Waals surface area contributed by atoms with Gasteiger partial charge in [-0.2, -0.15) is 0 Å². The second-order valence-corrected chi connectivity index (χ2v) is 4.52. The molecular formula is C12H16ClFN2. The summed E-state index contributed by atoms with van der Waals surface area (Å²) in [5, 5.41) is 3.77. The van der Waals surface area contributed by atoms with Crippen molar-refractivity contribution in [1.82, 2.24) is 10.2 Å². The summed E-state index contributed by atoms with van der Waals surface area (Å²) in [7, 11) is 0. The van der Waals surface area contributed by atoms with Crippen molar-refractivity contribution in [3.63, 3.8) is 0 Å². The fraction of sp³-hybridized carbons (Fsp3) is 0.500. The lowest BCUT2D eigenvalue weighted by Gasteiger charge is -2.37. The Kier molecular flexibility index (Phi) is 3.79. The van der Waals surface area contributed by atoms with Crippen molar-refractivity contribution < 1.29 is 4.39 Å². The zero-order chi connectivity index (χ0) is 11.5. The first-order chi connectivity index (χ1) is 7.70. The van der Waals surface area contributed by atoms with Crippen LogP contribution in [0.3, 0.4) is 0 Å². The van der Waals surface area contributed by atoms with E-state index in [2.05, 4.69) is 17.1 Å². The van der Waals surface area contributed by atoms with E-state index in [0.29, 0.717) is 11.1 Å². The fourth-order valence-corrected chi connectivity index (χ4v) is 2.13. The number of benzene rings is 1. The maximum Gasteiger partial charge on any atom is 0.124 e. The SMILES string of the molecule is CCN(Cc1ccc(F)cc1Cl)C1CNC1. The number of rotatable bonds is 4. The Morgan fingerprint density at radius 1 is 1.50 bits per heavy atom. The summed E-state index contributed by atoms with van der Waals surface area (Å²) >= 11 is 6.01. The smallest absolute Gasteiger partial charge is 0.124 e. The van der Waals surface area contributed by atoms with E-state index >= 15 is 0 Å². The van der Waals surface area contributed by atoms with Crippen LogP contribution in [-0.2, 0) is 6.54 Å². The molecule has 1 aromatic carbocycles. The highest BCUT2D eigenvalue weighted by Crippen LogP contribution is 2.20. The van der Waals surface area contributed by atoms with Gasteiger partial charge in [0.25, 0.3) is 0 Å². The summed E-state index contributed by atoms with van der Waals surface area (Å²) in [6.45, 7) is 5.98. The molecule has 1 aliphatic heterocycles. The average Bonchev–Trinajstić information content (AvgIpc) is 2.18. The Labute approximate surface area is 100 Å². The van der Waals surface area contributed by atoms with Gasteiger partial charge in [-0.05, 0) is 24.2 Å². The monoisotopic (exact) mass is 242 g/mol. The number of nitrogens with zero attached hydrogens (tertiary/aromatic N) is 1. The van der Waals surface area contributed by atoms with Crippen molar-refractivity contribution in [3.8, 4) is 0 Å². The Morgan fingerprint density at radius 3 is 2.75 bits per heavy atom. The molecule has 1 aliphatic rings. The molecule has 0 spiro atoms. The molecule has 1 saturated heterocycles. The van der Waals surface area contributed by atoms with Gasteiger partial charge in [-0.3, -0.25) is 4.90 Å². The molecule has 16 heavy (non-hydrogen) atoms. The quantitative estimate of drug-likeness (QED) is 0.872. The van der Waals surface area contributed by atoms with Crippen molar-refractivity contribution in [2.24, 2.45) is 0 Å². The standard InChI is InChI=1S/C12H16ClFN2/c1-2-16(11-6-15-7-11)8-9-3-4-10(14)5-12(9)13/h3-5,11,15H,2,6-8H2,1H3. The summed E-state index contributed by atoms with van der Waals surface area (Å²) in [6.07, 6.45) is 0. The van der Waals surface area contributed by atoms with E-state index in [9.17, 15) is 4.39 Å². The summed E-state index contributed by atoms with van der Waals surface area (Å²) < 4.78 is 12.9. The van der Waals surface area contributed by atoms with Crippen molar-refractivity contribution in [2.45, 2.75) is 19.5 Å². The van der Waals surface area contributed by atoms with E-state index in [1.54, 1.807) is 6.07 Å². The van der Waals surface area contributed by atoms with Crippen LogP contribution in [0.25, 0.3) is 0 Å². The maximum atomic E-state index is 12.9. The molecule has 0 aliphatic carbocycles. The summed E-state index contributed by atoms with van der Waals surface area (Å²) in [6, 6.07) is 5.20. The van der Waals surface area contributed by atoms with Gasteiger partial charge < -0.3 is 5.32 Å². The number of likely N-dealkylation sites (N-methyl/N-ethyl adjacent to an activating group) is 1. The predicted molar refractivity (Wildman–Crippen MR) is 64.2 cm³/mol. The lowest BCUT2D eigenvalue weighted by Crippen LogP contribution is -2.56. The molecular weight excluding hydrogens is 227 g/mol. The molecule has 1 heterocycles. The third kappa shape index (κ3) is 2.54. The molecule has 1 aromatic rings. The van der Waals surface area contributed by atoms with Crippen LogP contribution in [0, 0.1) is 5.82 Å². The molecule has 2 nitrogen and oxygen atoms in total. The third-order valence-electron chi connectivity index (χ3n) is 3.07. The summed E-state index contributed by atoms with van der Waals surface area (Å²) in [5.74, 6) is -0.276. The topological polar surface area (TPSA) is 15.3 Å². The molecule has 0 bridgehead atoms. The largest absolute Gasteiger partial charge is 0.314 e. The van der Waals surface area contributed by atoms with Gasteiger partial charge in [0.15, 0.2) is 0 Å². The number of hydrogen-bond acceptors (Lipinski definition) is 2. The summed E-state index contributed by atoms with van der Waals surface area (Å²) in [4.78, 5) is 2.36. The molecule has 1 N–H and O–H groups in total. The minimum absolute atomic E-state index is 0.276. The zero-order valence-electron chi connectivity index (χ0n) is 9.34. The molecule has 0 amide bonds. The van der Waals surface area contributed by atoms with Crippen LogP contribution in [0.5, 0.6) is 0 Å². The van der Waals surface area contributed by atoms with E-state index in [1.807, 2.05) is 0 Å². The van der Waals surface area contributed by atoms with E-state index in [4.69, 9.17) is 11.6 Å². The lowest BCUT2D eigenvalue weighted by molar-refractivity contribution is 0.145. The molecule has 0 radical (unpaired) electrons. The van der Waals surface area contributed by atoms with Crippen molar-refractivity contribution in [3.05, 3.63) is 34.6 Å². The van der Waals surface area contributed by atoms with Crippen LogP contribution >= 0.6 is 11.6 Å². The molecule has 4 heteroatoms. The Balaban J connectivity index is 2.06. The molecule has 0 saturated carbocycles. The van der Waals surface area contributed by atoms with Crippen LogP contribution in [0.2, 0.25) is 5.02 Å². The van der Waals surface area contributed by atoms with Gasteiger partial charge in [-0.15, -0.1) is 0 Å². The number of nitrogens with one attached hydrogen (secondary N) is 1. The van der Waals surface area contributed by atoms with E-state index in [0.717, 1.165) is 31.7 Å².